The van der Waals surface area contributed by atoms with Gasteiger partial charge in [-0.2, -0.15) is 10.5 Å². The molecule has 0 aliphatic heterocycles. The number of benzene rings is 1. The van der Waals surface area contributed by atoms with E-state index in [0.29, 0.717) is 10.0 Å². The van der Waals surface area contributed by atoms with E-state index in [9.17, 15) is 10.1 Å². The molecule has 0 aromatic heterocycles. The number of nitro groups is 1. The van der Waals surface area contributed by atoms with Crippen molar-refractivity contribution in [2.75, 3.05) is 0 Å². The fourth-order valence-corrected chi connectivity index (χ4v) is 1.36. The van der Waals surface area contributed by atoms with E-state index in [2.05, 4.69) is 15.9 Å². The highest BCUT2D eigenvalue weighted by molar-refractivity contribution is 9.10. The molecule has 6 heteroatoms. The number of hydrogen-bond donors (Lipinski definition) is 0. The third-order valence-electron chi connectivity index (χ3n) is 1.73. The summed E-state index contributed by atoms with van der Waals surface area (Å²) in [6, 6.07) is 7.49. The average Bonchev–Trinajstić information content (AvgIpc) is 2.27. The van der Waals surface area contributed by atoms with Gasteiger partial charge in [0.25, 0.3) is 5.69 Å². The monoisotopic (exact) mass is 277 g/mol. The molecule has 0 saturated heterocycles. The minimum Gasteiger partial charge on any atom is -0.258 e. The predicted octanol–water partition coefficient (Wildman–Crippen LogP) is 2.79. The molecular formula is C10H4BrN3O2. The molecule has 0 N–H and O–H groups in total. The summed E-state index contributed by atoms with van der Waals surface area (Å²) < 4.78 is 0.584. The van der Waals surface area contributed by atoms with Crippen molar-refractivity contribution in [2.24, 2.45) is 0 Å². The first-order valence-electron chi connectivity index (χ1n) is 4.04. The molecule has 0 bridgehead atoms. The summed E-state index contributed by atoms with van der Waals surface area (Å²) in [5.74, 6) is 0. The first-order chi connectivity index (χ1) is 7.58. The Morgan fingerprint density at radius 2 is 2.06 bits per heavy atom. The Kier molecular flexibility index (Phi) is 3.76. The van der Waals surface area contributed by atoms with E-state index in [1.54, 1.807) is 12.1 Å². The molecule has 0 amide bonds. The summed E-state index contributed by atoms with van der Waals surface area (Å²) in [5, 5.41) is 27.7. The van der Waals surface area contributed by atoms with Crippen molar-refractivity contribution in [3.8, 4) is 12.1 Å². The minimum absolute atomic E-state index is 0.0929. The number of nitro benzene ring substituents is 1. The molecule has 0 saturated carbocycles. The zero-order valence-electron chi connectivity index (χ0n) is 7.85. The van der Waals surface area contributed by atoms with Crippen molar-refractivity contribution in [3.05, 3.63) is 43.9 Å². The summed E-state index contributed by atoms with van der Waals surface area (Å²) >= 11 is 3.18. The van der Waals surface area contributed by atoms with Gasteiger partial charge in [-0.3, -0.25) is 10.1 Å². The molecule has 0 aliphatic carbocycles. The fourth-order valence-electron chi connectivity index (χ4n) is 1.00. The van der Waals surface area contributed by atoms with Crippen LogP contribution < -0.4 is 0 Å². The minimum atomic E-state index is -0.539. The van der Waals surface area contributed by atoms with Crippen LogP contribution in [0.4, 0.5) is 5.69 Å². The smallest absolute Gasteiger partial charge is 0.258 e. The van der Waals surface area contributed by atoms with Crippen LogP contribution in [0.25, 0.3) is 6.08 Å². The maximum Gasteiger partial charge on any atom is 0.270 e. The second-order valence-corrected chi connectivity index (χ2v) is 3.60. The van der Waals surface area contributed by atoms with Crippen LogP contribution in [0.2, 0.25) is 0 Å². The maximum absolute atomic E-state index is 10.5. The van der Waals surface area contributed by atoms with Crippen molar-refractivity contribution in [1.82, 2.24) is 0 Å². The largest absolute Gasteiger partial charge is 0.270 e. The SMILES string of the molecule is N#CC(C#N)=Cc1cc([N+](=O)[O-])ccc1Br. The van der Waals surface area contributed by atoms with E-state index in [1.807, 2.05) is 0 Å². The summed E-state index contributed by atoms with van der Waals surface area (Å²) in [5.41, 5.74) is 0.221. The van der Waals surface area contributed by atoms with Crippen LogP contribution in [0.1, 0.15) is 5.56 Å². The first-order valence-corrected chi connectivity index (χ1v) is 4.83. The van der Waals surface area contributed by atoms with Gasteiger partial charge in [-0.25, -0.2) is 0 Å². The highest BCUT2D eigenvalue weighted by atomic mass is 79.9. The molecule has 1 rings (SSSR count). The van der Waals surface area contributed by atoms with E-state index in [1.165, 1.54) is 24.3 Å². The zero-order chi connectivity index (χ0) is 12.1. The molecule has 5 nitrogen and oxygen atoms in total. The van der Waals surface area contributed by atoms with Gasteiger partial charge >= 0.3 is 0 Å². The van der Waals surface area contributed by atoms with Crippen LogP contribution in [0, 0.1) is 32.8 Å². The van der Waals surface area contributed by atoms with Crippen LogP contribution in [-0.2, 0) is 0 Å². The highest BCUT2D eigenvalue weighted by Gasteiger charge is 2.08. The lowest BCUT2D eigenvalue weighted by molar-refractivity contribution is -0.384. The van der Waals surface area contributed by atoms with Gasteiger partial charge in [-0.1, -0.05) is 15.9 Å². The molecule has 0 radical (unpaired) electrons. The van der Waals surface area contributed by atoms with Gasteiger partial charge in [0.15, 0.2) is 0 Å². The molecule has 0 unspecified atom stereocenters. The number of nitriles is 2. The zero-order valence-corrected chi connectivity index (χ0v) is 9.43. The van der Waals surface area contributed by atoms with Crippen molar-refractivity contribution in [2.45, 2.75) is 0 Å². The number of allylic oxidation sites excluding steroid dienone is 1. The average molecular weight is 278 g/mol. The van der Waals surface area contributed by atoms with Gasteiger partial charge in [0.2, 0.25) is 0 Å². The van der Waals surface area contributed by atoms with Gasteiger partial charge in [0.1, 0.15) is 17.7 Å². The Morgan fingerprint density at radius 3 is 2.56 bits per heavy atom. The van der Waals surface area contributed by atoms with Gasteiger partial charge < -0.3 is 0 Å². The molecule has 0 atom stereocenters. The summed E-state index contributed by atoms with van der Waals surface area (Å²) in [6.45, 7) is 0. The summed E-state index contributed by atoms with van der Waals surface area (Å²) in [7, 11) is 0. The summed E-state index contributed by atoms with van der Waals surface area (Å²) in [6.07, 6.45) is 1.29. The topological polar surface area (TPSA) is 90.7 Å². The van der Waals surface area contributed by atoms with E-state index in [-0.39, 0.29) is 11.3 Å². The number of rotatable bonds is 2. The molecular weight excluding hydrogens is 274 g/mol. The lowest BCUT2D eigenvalue weighted by Crippen LogP contribution is -1.89. The van der Waals surface area contributed by atoms with Crippen LogP contribution in [0.5, 0.6) is 0 Å². The third-order valence-corrected chi connectivity index (χ3v) is 2.45. The number of nitrogens with zero attached hydrogens (tertiary/aromatic N) is 3. The predicted molar refractivity (Wildman–Crippen MR) is 60.0 cm³/mol. The Balaban J connectivity index is 3.30. The van der Waals surface area contributed by atoms with Crippen molar-refractivity contribution in [3.63, 3.8) is 0 Å². The number of halogens is 1. The van der Waals surface area contributed by atoms with Crippen molar-refractivity contribution in [1.29, 1.82) is 10.5 Å². The van der Waals surface area contributed by atoms with Crippen LogP contribution in [0.3, 0.4) is 0 Å². The third kappa shape index (κ3) is 2.66. The molecule has 0 heterocycles. The quantitative estimate of drug-likeness (QED) is 0.472. The molecule has 1 aromatic rings. The standard InChI is InChI=1S/C10H4BrN3O2/c11-10-2-1-9(14(15)16)4-8(10)3-7(5-12)6-13/h1-4H. The Morgan fingerprint density at radius 1 is 1.44 bits per heavy atom. The van der Waals surface area contributed by atoms with Crippen LogP contribution >= 0.6 is 15.9 Å². The number of non-ortho nitro benzene ring substituents is 1. The molecule has 0 aliphatic rings. The van der Waals surface area contributed by atoms with Crippen molar-refractivity contribution < 1.29 is 4.92 Å². The van der Waals surface area contributed by atoms with Crippen LogP contribution in [0.15, 0.2) is 28.2 Å². The second-order valence-electron chi connectivity index (χ2n) is 2.74. The van der Waals surface area contributed by atoms with Gasteiger partial charge in [0.05, 0.1) is 4.92 Å². The molecule has 0 fully saturated rings. The Hall–Kier alpha value is -2.18. The lowest BCUT2D eigenvalue weighted by Gasteiger charge is -1.98. The number of hydrogen-bond acceptors (Lipinski definition) is 4. The van der Waals surface area contributed by atoms with Crippen molar-refractivity contribution >= 4 is 27.7 Å². The lowest BCUT2D eigenvalue weighted by atomic mass is 10.1. The Bertz CT molecular complexity index is 536. The van der Waals surface area contributed by atoms with E-state index in [0.717, 1.165) is 0 Å². The van der Waals surface area contributed by atoms with Gasteiger partial charge in [-0.05, 0) is 17.7 Å². The van der Waals surface area contributed by atoms with Gasteiger partial charge in [-0.15, -0.1) is 0 Å². The maximum atomic E-state index is 10.5. The fraction of sp³-hybridized carbons (Fsp3) is 0. The molecule has 0 spiro atoms. The molecule has 16 heavy (non-hydrogen) atoms. The van der Waals surface area contributed by atoms with E-state index in [4.69, 9.17) is 10.5 Å². The second kappa shape index (κ2) is 5.06. The Labute approximate surface area is 99.5 Å². The summed E-state index contributed by atoms with van der Waals surface area (Å²) in [4.78, 5) is 9.99. The van der Waals surface area contributed by atoms with Gasteiger partial charge in [0, 0.05) is 16.6 Å². The van der Waals surface area contributed by atoms with E-state index < -0.39 is 4.92 Å². The molecule has 1 aromatic carbocycles. The normalized spacial score (nSPS) is 8.69. The first kappa shape index (κ1) is 11.9. The highest BCUT2D eigenvalue weighted by Crippen LogP contribution is 2.24. The van der Waals surface area contributed by atoms with E-state index >= 15 is 0 Å². The van der Waals surface area contributed by atoms with Crippen LogP contribution in [-0.4, -0.2) is 4.92 Å². The molecule has 78 valence electrons.